The number of pyridine rings is 1. The predicted molar refractivity (Wildman–Crippen MR) is 52.7 cm³/mol. The maximum atomic E-state index is 4.48. The average molecular weight is 225 g/mol. The van der Waals surface area contributed by atoms with E-state index >= 15 is 0 Å². The van der Waals surface area contributed by atoms with Gasteiger partial charge in [0.2, 0.25) is 0 Å². The standard InChI is InChI=1S/C9H9BrN2/c1-9(2)7-3-4-11-5-6(7)8(10)12-9/h3-5H,1-2H3. The second-order valence-electron chi connectivity index (χ2n) is 3.38. The van der Waals surface area contributed by atoms with Crippen LogP contribution >= 0.6 is 15.9 Å². The molecule has 2 rings (SSSR count). The van der Waals surface area contributed by atoms with Gasteiger partial charge >= 0.3 is 0 Å². The van der Waals surface area contributed by atoms with E-state index in [0.717, 1.165) is 10.2 Å². The summed E-state index contributed by atoms with van der Waals surface area (Å²) in [6, 6.07) is 2.02. The molecule has 0 amide bonds. The minimum Gasteiger partial charge on any atom is -0.266 e. The summed E-state index contributed by atoms with van der Waals surface area (Å²) in [4.78, 5) is 8.54. The molecule has 62 valence electrons. The fraction of sp³-hybridized carbons (Fsp3) is 0.333. The molecular formula is C9H9BrN2. The fourth-order valence-electron chi connectivity index (χ4n) is 1.46. The molecule has 0 aliphatic carbocycles. The van der Waals surface area contributed by atoms with Gasteiger partial charge in [0.15, 0.2) is 0 Å². The first-order chi connectivity index (χ1) is 5.61. The number of nitrogens with zero attached hydrogens (tertiary/aromatic N) is 2. The fourth-order valence-corrected chi connectivity index (χ4v) is 2.22. The van der Waals surface area contributed by atoms with Gasteiger partial charge in [0, 0.05) is 18.0 Å². The van der Waals surface area contributed by atoms with Crippen LogP contribution in [0.2, 0.25) is 0 Å². The Morgan fingerprint density at radius 2 is 2.17 bits per heavy atom. The van der Waals surface area contributed by atoms with Gasteiger partial charge in [0.1, 0.15) is 4.62 Å². The highest BCUT2D eigenvalue weighted by Gasteiger charge is 2.30. The first kappa shape index (κ1) is 7.92. The van der Waals surface area contributed by atoms with Crippen molar-refractivity contribution in [2.75, 3.05) is 0 Å². The van der Waals surface area contributed by atoms with E-state index in [1.165, 1.54) is 5.56 Å². The highest BCUT2D eigenvalue weighted by atomic mass is 79.9. The topological polar surface area (TPSA) is 25.2 Å². The van der Waals surface area contributed by atoms with Gasteiger partial charge in [-0.3, -0.25) is 9.98 Å². The summed E-state index contributed by atoms with van der Waals surface area (Å²) >= 11 is 3.42. The van der Waals surface area contributed by atoms with Crippen molar-refractivity contribution in [3.63, 3.8) is 0 Å². The number of aliphatic imine (C=N–C) groups is 1. The summed E-state index contributed by atoms with van der Waals surface area (Å²) in [5.41, 5.74) is 2.25. The van der Waals surface area contributed by atoms with Crippen molar-refractivity contribution >= 4 is 20.6 Å². The summed E-state index contributed by atoms with van der Waals surface area (Å²) in [6.07, 6.45) is 3.65. The van der Waals surface area contributed by atoms with Crippen LogP contribution in [0.3, 0.4) is 0 Å². The predicted octanol–water partition coefficient (Wildman–Crippen LogP) is 2.47. The number of hydrogen-bond acceptors (Lipinski definition) is 2. The highest BCUT2D eigenvalue weighted by Crippen LogP contribution is 2.35. The van der Waals surface area contributed by atoms with Crippen molar-refractivity contribution in [2.45, 2.75) is 19.4 Å². The molecule has 2 nitrogen and oxygen atoms in total. The van der Waals surface area contributed by atoms with Crippen molar-refractivity contribution in [2.24, 2.45) is 4.99 Å². The Bertz CT molecular complexity index is 355. The zero-order valence-electron chi connectivity index (χ0n) is 7.00. The Balaban J connectivity index is 2.68. The molecule has 0 saturated heterocycles. The molecular weight excluding hydrogens is 216 g/mol. The van der Waals surface area contributed by atoms with Crippen LogP contribution < -0.4 is 0 Å². The molecule has 3 heteroatoms. The number of aromatic nitrogens is 1. The quantitative estimate of drug-likeness (QED) is 0.665. The van der Waals surface area contributed by atoms with Crippen LogP contribution in [0.1, 0.15) is 25.0 Å². The summed E-state index contributed by atoms with van der Waals surface area (Å²) in [7, 11) is 0. The SMILES string of the molecule is CC1(C)N=C(Br)c2cnccc21. The molecule has 1 aromatic heterocycles. The van der Waals surface area contributed by atoms with Crippen molar-refractivity contribution in [3.8, 4) is 0 Å². The lowest BCUT2D eigenvalue weighted by Gasteiger charge is -2.14. The van der Waals surface area contributed by atoms with E-state index in [1.807, 2.05) is 18.5 Å². The Hall–Kier alpha value is -0.700. The van der Waals surface area contributed by atoms with E-state index in [4.69, 9.17) is 0 Å². The van der Waals surface area contributed by atoms with Crippen molar-refractivity contribution in [3.05, 3.63) is 29.6 Å². The second kappa shape index (κ2) is 2.39. The van der Waals surface area contributed by atoms with Crippen LogP contribution in [0.5, 0.6) is 0 Å². The lowest BCUT2D eigenvalue weighted by molar-refractivity contribution is 0.572. The Kier molecular flexibility index (Phi) is 1.58. The van der Waals surface area contributed by atoms with Gasteiger partial charge in [-0.2, -0.15) is 0 Å². The van der Waals surface area contributed by atoms with E-state index in [2.05, 4.69) is 39.8 Å². The largest absolute Gasteiger partial charge is 0.266 e. The van der Waals surface area contributed by atoms with E-state index < -0.39 is 0 Å². The zero-order valence-corrected chi connectivity index (χ0v) is 8.59. The van der Waals surface area contributed by atoms with Crippen molar-refractivity contribution < 1.29 is 0 Å². The van der Waals surface area contributed by atoms with Crippen LogP contribution in [-0.2, 0) is 5.54 Å². The summed E-state index contributed by atoms with van der Waals surface area (Å²) < 4.78 is 0.913. The minimum atomic E-state index is -0.100. The van der Waals surface area contributed by atoms with E-state index in [0.29, 0.717) is 0 Å². The molecule has 1 aromatic rings. The number of hydrogen-bond donors (Lipinski definition) is 0. The molecule has 0 bridgehead atoms. The molecule has 0 fully saturated rings. The van der Waals surface area contributed by atoms with E-state index in [1.54, 1.807) is 0 Å². The first-order valence-corrected chi connectivity index (χ1v) is 4.61. The van der Waals surface area contributed by atoms with Gasteiger partial charge in [0.05, 0.1) is 5.54 Å². The van der Waals surface area contributed by atoms with E-state index in [9.17, 15) is 0 Å². The first-order valence-electron chi connectivity index (χ1n) is 3.81. The van der Waals surface area contributed by atoms with Crippen LogP contribution in [0.15, 0.2) is 23.5 Å². The summed E-state index contributed by atoms with van der Waals surface area (Å²) in [5, 5.41) is 0. The third-order valence-electron chi connectivity index (χ3n) is 2.08. The van der Waals surface area contributed by atoms with Gasteiger partial charge in [0.25, 0.3) is 0 Å². The molecule has 0 atom stereocenters. The molecule has 1 aliphatic rings. The maximum Gasteiger partial charge on any atom is 0.110 e. The van der Waals surface area contributed by atoms with Gasteiger partial charge in [-0.05, 0) is 41.4 Å². The third-order valence-corrected chi connectivity index (χ3v) is 2.68. The molecule has 1 aliphatic heterocycles. The zero-order chi connectivity index (χ0) is 8.77. The van der Waals surface area contributed by atoms with Gasteiger partial charge in [-0.1, -0.05) is 0 Å². The van der Waals surface area contributed by atoms with Crippen LogP contribution in [0.25, 0.3) is 0 Å². The van der Waals surface area contributed by atoms with Crippen molar-refractivity contribution in [1.82, 2.24) is 4.98 Å². The third kappa shape index (κ3) is 1.00. The number of rotatable bonds is 0. The Morgan fingerprint density at radius 1 is 1.42 bits per heavy atom. The molecule has 0 aromatic carbocycles. The lowest BCUT2D eigenvalue weighted by atomic mass is 9.96. The summed E-state index contributed by atoms with van der Waals surface area (Å²) in [5.74, 6) is 0. The minimum absolute atomic E-state index is 0.100. The van der Waals surface area contributed by atoms with Gasteiger partial charge in [-0.15, -0.1) is 0 Å². The molecule has 0 saturated carbocycles. The Labute approximate surface area is 79.9 Å². The molecule has 12 heavy (non-hydrogen) atoms. The van der Waals surface area contributed by atoms with Gasteiger partial charge in [-0.25, -0.2) is 0 Å². The average Bonchev–Trinajstić information content (AvgIpc) is 2.25. The number of halogens is 1. The normalized spacial score (nSPS) is 18.8. The van der Waals surface area contributed by atoms with Crippen LogP contribution in [0.4, 0.5) is 0 Å². The molecule has 0 unspecified atom stereocenters. The van der Waals surface area contributed by atoms with Crippen molar-refractivity contribution in [1.29, 1.82) is 0 Å². The van der Waals surface area contributed by atoms with Crippen LogP contribution in [0, 0.1) is 0 Å². The van der Waals surface area contributed by atoms with Crippen LogP contribution in [-0.4, -0.2) is 9.60 Å². The highest BCUT2D eigenvalue weighted by molar-refractivity contribution is 9.18. The smallest absolute Gasteiger partial charge is 0.110 e. The Morgan fingerprint density at radius 3 is 2.83 bits per heavy atom. The second-order valence-corrected chi connectivity index (χ2v) is 4.13. The number of fused-ring (bicyclic) bond motifs is 1. The monoisotopic (exact) mass is 224 g/mol. The molecule has 2 heterocycles. The molecule has 0 spiro atoms. The van der Waals surface area contributed by atoms with E-state index in [-0.39, 0.29) is 5.54 Å². The summed E-state index contributed by atoms with van der Waals surface area (Å²) in [6.45, 7) is 4.19. The lowest BCUT2D eigenvalue weighted by Crippen LogP contribution is -2.10. The molecule has 0 N–H and O–H groups in total. The maximum absolute atomic E-state index is 4.48. The molecule has 0 radical (unpaired) electrons. The van der Waals surface area contributed by atoms with Gasteiger partial charge < -0.3 is 0 Å².